The summed E-state index contributed by atoms with van der Waals surface area (Å²) < 4.78 is 7.45. The summed E-state index contributed by atoms with van der Waals surface area (Å²) in [5.74, 6) is 1.79. The van der Waals surface area contributed by atoms with Crippen LogP contribution in [-0.4, -0.2) is 16.2 Å². The molecule has 3 nitrogen and oxygen atoms in total. The van der Waals surface area contributed by atoms with Gasteiger partial charge in [-0.1, -0.05) is 17.7 Å². The summed E-state index contributed by atoms with van der Waals surface area (Å²) in [7, 11) is 0. The van der Waals surface area contributed by atoms with Gasteiger partial charge in [0.25, 0.3) is 0 Å². The van der Waals surface area contributed by atoms with Crippen LogP contribution in [0.3, 0.4) is 0 Å². The number of imidazole rings is 1. The van der Waals surface area contributed by atoms with Gasteiger partial charge >= 0.3 is 0 Å². The van der Waals surface area contributed by atoms with Gasteiger partial charge in [-0.2, -0.15) is 0 Å². The van der Waals surface area contributed by atoms with Crippen molar-refractivity contribution in [2.75, 3.05) is 6.61 Å². The number of benzene rings is 1. The van der Waals surface area contributed by atoms with Gasteiger partial charge in [0.2, 0.25) is 0 Å². The highest BCUT2D eigenvalue weighted by Crippen LogP contribution is 2.23. The summed E-state index contributed by atoms with van der Waals surface area (Å²) in [6.45, 7) is 5.31. The van der Waals surface area contributed by atoms with E-state index in [1.807, 2.05) is 38.2 Å². The van der Waals surface area contributed by atoms with Crippen LogP contribution in [0.5, 0.6) is 5.75 Å². The molecular weight excluding hydrogens is 236 g/mol. The molecule has 90 valence electrons. The molecule has 0 unspecified atom stereocenters. The topological polar surface area (TPSA) is 27.1 Å². The summed E-state index contributed by atoms with van der Waals surface area (Å²) in [6, 6.07) is 5.79. The van der Waals surface area contributed by atoms with Crippen LogP contribution in [0.2, 0.25) is 5.02 Å². The second-order valence-corrected chi connectivity index (χ2v) is 4.20. The molecule has 0 spiro atoms. The lowest BCUT2D eigenvalue weighted by Crippen LogP contribution is -2.01. The molecule has 0 saturated heterocycles. The zero-order valence-corrected chi connectivity index (χ0v) is 10.7. The molecule has 1 heterocycles. The molecule has 0 aliphatic carbocycles. The summed E-state index contributed by atoms with van der Waals surface area (Å²) in [5, 5.41) is 0.726. The Morgan fingerprint density at radius 2 is 2.24 bits per heavy atom. The number of nitrogens with zero attached hydrogens (tertiary/aromatic N) is 2. The maximum absolute atomic E-state index is 6.22. The van der Waals surface area contributed by atoms with Gasteiger partial charge in [-0.25, -0.2) is 4.98 Å². The molecule has 0 saturated carbocycles. The van der Waals surface area contributed by atoms with Gasteiger partial charge in [-0.3, -0.25) is 0 Å². The Morgan fingerprint density at radius 3 is 2.82 bits per heavy atom. The van der Waals surface area contributed by atoms with E-state index in [-0.39, 0.29) is 0 Å². The summed E-state index contributed by atoms with van der Waals surface area (Å²) in [6.07, 6.45) is 3.74. The number of hydrogen-bond acceptors (Lipinski definition) is 2. The minimum atomic E-state index is 0.649. The molecule has 17 heavy (non-hydrogen) atoms. The summed E-state index contributed by atoms with van der Waals surface area (Å²) >= 11 is 6.22. The highest BCUT2D eigenvalue weighted by molar-refractivity contribution is 6.31. The zero-order valence-electron chi connectivity index (χ0n) is 9.98. The Hall–Kier alpha value is -1.48. The number of hydrogen-bond donors (Lipinski definition) is 0. The monoisotopic (exact) mass is 250 g/mol. The minimum absolute atomic E-state index is 0.649. The van der Waals surface area contributed by atoms with E-state index < -0.39 is 0 Å². The normalized spacial score (nSPS) is 10.5. The van der Waals surface area contributed by atoms with E-state index in [1.165, 1.54) is 0 Å². The van der Waals surface area contributed by atoms with E-state index in [1.54, 1.807) is 6.20 Å². The highest BCUT2D eigenvalue weighted by atomic mass is 35.5. The Bertz CT molecular complexity index is 508. The second-order valence-electron chi connectivity index (χ2n) is 3.79. The summed E-state index contributed by atoms with van der Waals surface area (Å²) in [5.41, 5.74) is 1.07. The van der Waals surface area contributed by atoms with Crippen molar-refractivity contribution in [1.82, 2.24) is 9.55 Å². The van der Waals surface area contributed by atoms with Gasteiger partial charge in [0, 0.05) is 17.4 Å². The van der Waals surface area contributed by atoms with Crippen molar-refractivity contribution in [1.29, 1.82) is 0 Å². The maximum Gasteiger partial charge on any atom is 0.120 e. The number of halogens is 1. The standard InChI is InChI=1S/C13H15ClN2O/c1-3-17-12-5-4-11(13(14)8-12)9-16-7-6-15-10(16)2/h4-8H,3,9H2,1-2H3. The van der Waals surface area contributed by atoms with Crippen molar-refractivity contribution in [2.45, 2.75) is 20.4 Å². The minimum Gasteiger partial charge on any atom is -0.494 e. The second kappa shape index (κ2) is 5.23. The fourth-order valence-electron chi connectivity index (χ4n) is 1.67. The largest absolute Gasteiger partial charge is 0.494 e. The Kier molecular flexibility index (Phi) is 3.69. The lowest BCUT2D eigenvalue weighted by atomic mass is 10.2. The molecule has 0 atom stereocenters. The zero-order chi connectivity index (χ0) is 12.3. The predicted molar refractivity (Wildman–Crippen MR) is 68.7 cm³/mol. The maximum atomic E-state index is 6.22. The fourth-order valence-corrected chi connectivity index (χ4v) is 1.90. The number of aromatic nitrogens is 2. The van der Waals surface area contributed by atoms with Gasteiger partial charge in [0.05, 0.1) is 13.2 Å². The average molecular weight is 251 g/mol. The van der Waals surface area contributed by atoms with Gasteiger partial charge in [-0.05, 0) is 31.5 Å². The molecule has 0 fully saturated rings. The van der Waals surface area contributed by atoms with Crippen LogP contribution in [0.4, 0.5) is 0 Å². The van der Waals surface area contributed by atoms with Crippen LogP contribution in [-0.2, 0) is 6.54 Å². The molecule has 0 bridgehead atoms. The first kappa shape index (κ1) is 12.0. The van der Waals surface area contributed by atoms with Crippen LogP contribution < -0.4 is 4.74 Å². The van der Waals surface area contributed by atoms with Crippen molar-refractivity contribution in [3.8, 4) is 5.75 Å². The van der Waals surface area contributed by atoms with Gasteiger partial charge < -0.3 is 9.30 Å². The van der Waals surface area contributed by atoms with Crippen LogP contribution in [0.1, 0.15) is 18.3 Å². The third-order valence-corrected chi connectivity index (χ3v) is 2.95. The van der Waals surface area contributed by atoms with E-state index in [4.69, 9.17) is 16.3 Å². The number of ether oxygens (including phenoxy) is 1. The van der Waals surface area contributed by atoms with E-state index in [0.29, 0.717) is 6.61 Å². The van der Waals surface area contributed by atoms with Crippen LogP contribution in [0, 0.1) is 6.92 Å². The van der Waals surface area contributed by atoms with E-state index in [2.05, 4.69) is 9.55 Å². The third-order valence-electron chi connectivity index (χ3n) is 2.60. The van der Waals surface area contributed by atoms with Gasteiger partial charge in [0.15, 0.2) is 0 Å². The van der Waals surface area contributed by atoms with E-state index >= 15 is 0 Å². The lowest BCUT2D eigenvalue weighted by Gasteiger charge is -2.09. The average Bonchev–Trinajstić information content (AvgIpc) is 2.69. The van der Waals surface area contributed by atoms with Crippen LogP contribution in [0.15, 0.2) is 30.6 Å². The molecule has 0 radical (unpaired) electrons. The Balaban J connectivity index is 2.19. The third kappa shape index (κ3) is 2.80. The fraction of sp³-hybridized carbons (Fsp3) is 0.308. The number of aryl methyl sites for hydroxylation is 1. The van der Waals surface area contributed by atoms with Crippen LogP contribution in [0.25, 0.3) is 0 Å². The smallest absolute Gasteiger partial charge is 0.120 e. The molecule has 2 rings (SSSR count). The van der Waals surface area contributed by atoms with Crippen molar-refractivity contribution < 1.29 is 4.74 Å². The lowest BCUT2D eigenvalue weighted by molar-refractivity contribution is 0.340. The highest BCUT2D eigenvalue weighted by Gasteiger charge is 2.05. The molecule has 0 N–H and O–H groups in total. The SMILES string of the molecule is CCOc1ccc(Cn2ccnc2C)c(Cl)c1. The quantitative estimate of drug-likeness (QED) is 0.833. The Morgan fingerprint density at radius 1 is 1.41 bits per heavy atom. The molecule has 1 aromatic carbocycles. The molecule has 0 aliphatic rings. The van der Waals surface area contributed by atoms with E-state index in [0.717, 1.165) is 28.7 Å². The molecule has 4 heteroatoms. The van der Waals surface area contributed by atoms with Crippen molar-refractivity contribution in [3.63, 3.8) is 0 Å². The van der Waals surface area contributed by atoms with Crippen molar-refractivity contribution >= 4 is 11.6 Å². The predicted octanol–water partition coefficient (Wildman–Crippen LogP) is 3.29. The van der Waals surface area contributed by atoms with Crippen LogP contribution >= 0.6 is 11.6 Å². The molecule has 0 aliphatic heterocycles. The molecule has 1 aromatic heterocycles. The van der Waals surface area contributed by atoms with E-state index in [9.17, 15) is 0 Å². The first-order valence-corrected chi connectivity index (χ1v) is 5.97. The van der Waals surface area contributed by atoms with Crippen molar-refractivity contribution in [3.05, 3.63) is 47.0 Å². The number of rotatable bonds is 4. The van der Waals surface area contributed by atoms with Crippen molar-refractivity contribution in [2.24, 2.45) is 0 Å². The first-order chi connectivity index (χ1) is 8.20. The Labute approximate surface area is 106 Å². The molecule has 0 amide bonds. The molecule has 2 aromatic rings. The van der Waals surface area contributed by atoms with Gasteiger partial charge in [-0.15, -0.1) is 0 Å². The first-order valence-electron chi connectivity index (χ1n) is 5.59. The van der Waals surface area contributed by atoms with Gasteiger partial charge in [0.1, 0.15) is 11.6 Å². The summed E-state index contributed by atoms with van der Waals surface area (Å²) in [4.78, 5) is 4.18. The molecular formula is C13H15ClN2O.